The van der Waals surface area contributed by atoms with E-state index in [1.807, 2.05) is 0 Å². The third-order valence-electron chi connectivity index (χ3n) is 5.49. The molecule has 1 heterocycles. The molecular weight excluding hydrogens is 290 g/mol. The Morgan fingerprint density at radius 1 is 0.833 bits per heavy atom. The highest BCUT2D eigenvalue weighted by molar-refractivity contribution is 5.03. The van der Waals surface area contributed by atoms with E-state index >= 15 is 0 Å². The van der Waals surface area contributed by atoms with E-state index in [0.29, 0.717) is 0 Å². The smallest absolute Gasteiger partial charge is 0.0132 e. The topological polar surface area (TPSA) is 12.0 Å². The lowest BCUT2D eigenvalue weighted by Crippen LogP contribution is -2.57. The first kappa shape index (κ1) is 21.7. The zero-order valence-electron chi connectivity index (χ0n) is 17.5. The predicted molar refractivity (Wildman–Crippen MR) is 110 cm³/mol. The van der Waals surface area contributed by atoms with Crippen molar-refractivity contribution in [3.8, 4) is 0 Å². The number of allylic oxidation sites excluding steroid dienone is 1. The van der Waals surface area contributed by atoms with Crippen LogP contribution in [0.2, 0.25) is 0 Å². The summed E-state index contributed by atoms with van der Waals surface area (Å²) in [6.45, 7) is 16.1. The number of nitrogens with one attached hydrogen (secondary N) is 1. The van der Waals surface area contributed by atoms with Crippen LogP contribution in [-0.2, 0) is 0 Å². The molecule has 0 aliphatic carbocycles. The van der Waals surface area contributed by atoms with Crippen molar-refractivity contribution in [2.24, 2.45) is 5.92 Å². The van der Waals surface area contributed by atoms with Gasteiger partial charge in [-0.3, -0.25) is 0 Å². The fourth-order valence-electron chi connectivity index (χ4n) is 4.87. The molecule has 1 N–H and O–H groups in total. The number of unbranched alkanes of at least 4 members (excludes halogenated alkanes) is 8. The Hall–Kier alpha value is -0.300. The third kappa shape index (κ3) is 9.87. The van der Waals surface area contributed by atoms with Gasteiger partial charge >= 0.3 is 0 Å². The molecule has 0 aromatic rings. The summed E-state index contributed by atoms with van der Waals surface area (Å²) in [6.07, 6.45) is 17.8. The van der Waals surface area contributed by atoms with Crippen LogP contribution in [0, 0.1) is 5.92 Å². The van der Waals surface area contributed by atoms with Gasteiger partial charge < -0.3 is 5.32 Å². The highest BCUT2D eigenvalue weighted by Crippen LogP contribution is 2.36. The molecule has 0 radical (unpaired) electrons. The summed E-state index contributed by atoms with van der Waals surface area (Å²) in [5, 5.41) is 3.79. The van der Waals surface area contributed by atoms with E-state index in [9.17, 15) is 0 Å². The molecule has 1 heteroatoms. The molecule has 0 atom stereocenters. The standard InChI is InChI=1S/C23H45N/c1-7-8-9-10-11-12-13-14-15-16-20(2)17-21-18-22(3,4)24-23(5,6)19-21/h21,24H,2,7-19H2,1,3-6H3. The van der Waals surface area contributed by atoms with E-state index in [1.54, 1.807) is 0 Å². The summed E-state index contributed by atoms with van der Waals surface area (Å²) in [5.74, 6) is 0.808. The molecule has 1 nitrogen and oxygen atoms in total. The average Bonchev–Trinajstić information content (AvgIpc) is 2.42. The van der Waals surface area contributed by atoms with Crippen LogP contribution in [0.4, 0.5) is 0 Å². The largest absolute Gasteiger partial charge is 0.307 e. The molecule has 142 valence electrons. The summed E-state index contributed by atoms with van der Waals surface area (Å²) in [5.41, 5.74) is 2.03. The Kier molecular flexibility index (Phi) is 9.64. The van der Waals surface area contributed by atoms with Crippen LogP contribution in [0.1, 0.15) is 118 Å². The molecule has 24 heavy (non-hydrogen) atoms. The van der Waals surface area contributed by atoms with Gasteiger partial charge in [-0.15, -0.1) is 0 Å². The second-order valence-electron chi connectivity index (χ2n) is 9.70. The summed E-state index contributed by atoms with van der Waals surface area (Å²) < 4.78 is 0. The molecule has 1 aliphatic heterocycles. The lowest BCUT2D eigenvalue weighted by atomic mass is 9.73. The minimum Gasteiger partial charge on any atom is -0.307 e. The zero-order valence-corrected chi connectivity index (χ0v) is 17.5. The molecular formula is C23H45N. The lowest BCUT2D eigenvalue weighted by molar-refractivity contribution is 0.128. The van der Waals surface area contributed by atoms with Gasteiger partial charge in [0.2, 0.25) is 0 Å². The Bertz CT molecular complexity index is 337. The van der Waals surface area contributed by atoms with Gasteiger partial charge in [-0.1, -0.05) is 70.4 Å². The average molecular weight is 336 g/mol. The van der Waals surface area contributed by atoms with Crippen LogP contribution in [0.15, 0.2) is 12.2 Å². The lowest BCUT2D eigenvalue weighted by Gasteiger charge is -2.46. The van der Waals surface area contributed by atoms with E-state index in [-0.39, 0.29) is 11.1 Å². The van der Waals surface area contributed by atoms with Crippen LogP contribution in [0.3, 0.4) is 0 Å². The Labute approximate surface area is 153 Å². The first-order valence-corrected chi connectivity index (χ1v) is 10.7. The van der Waals surface area contributed by atoms with Crippen molar-refractivity contribution in [1.29, 1.82) is 0 Å². The van der Waals surface area contributed by atoms with Crippen LogP contribution in [0.5, 0.6) is 0 Å². The number of piperidine rings is 1. The molecule has 0 spiro atoms. The van der Waals surface area contributed by atoms with Crippen LogP contribution in [-0.4, -0.2) is 11.1 Å². The highest BCUT2D eigenvalue weighted by atomic mass is 15.0. The molecule has 0 saturated carbocycles. The van der Waals surface area contributed by atoms with E-state index in [0.717, 1.165) is 5.92 Å². The van der Waals surface area contributed by atoms with Gasteiger partial charge in [-0.2, -0.15) is 0 Å². The number of rotatable bonds is 12. The zero-order chi connectivity index (χ0) is 18.1. The minimum absolute atomic E-state index is 0.268. The van der Waals surface area contributed by atoms with Crippen LogP contribution in [0.25, 0.3) is 0 Å². The monoisotopic (exact) mass is 335 g/mol. The SMILES string of the molecule is C=C(CCCCCCCCCCC)CC1CC(C)(C)NC(C)(C)C1. The van der Waals surface area contributed by atoms with Gasteiger partial charge in [0.15, 0.2) is 0 Å². The van der Waals surface area contributed by atoms with Crippen molar-refractivity contribution >= 4 is 0 Å². The van der Waals surface area contributed by atoms with Crippen molar-refractivity contribution in [1.82, 2.24) is 5.32 Å². The molecule has 0 amide bonds. The Morgan fingerprint density at radius 3 is 1.79 bits per heavy atom. The van der Waals surface area contributed by atoms with Crippen molar-refractivity contribution in [3.05, 3.63) is 12.2 Å². The predicted octanol–water partition coefficient (Wildman–Crippen LogP) is 7.41. The van der Waals surface area contributed by atoms with Gasteiger partial charge in [0, 0.05) is 11.1 Å². The number of hydrogen-bond acceptors (Lipinski definition) is 1. The maximum absolute atomic E-state index is 4.39. The Balaban J connectivity index is 2.09. The fraction of sp³-hybridized carbons (Fsp3) is 0.913. The third-order valence-corrected chi connectivity index (χ3v) is 5.49. The second kappa shape index (κ2) is 10.6. The minimum atomic E-state index is 0.268. The van der Waals surface area contributed by atoms with Crippen molar-refractivity contribution in [2.75, 3.05) is 0 Å². The van der Waals surface area contributed by atoms with Gasteiger partial charge in [-0.05, 0) is 65.7 Å². The summed E-state index contributed by atoms with van der Waals surface area (Å²) in [6, 6.07) is 0. The molecule has 1 fully saturated rings. The molecule has 0 unspecified atom stereocenters. The van der Waals surface area contributed by atoms with Gasteiger partial charge in [0.1, 0.15) is 0 Å². The van der Waals surface area contributed by atoms with Gasteiger partial charge in [0.25, 0.3) is 0 Å². The molecule has 0 aromatic heterocycles. The van der Waals surface area contributed by atoms with E-state index in [4.69, 9.17) is 0 Å². The normalized spacial score (nSPS) is 20.2. The molecule has 1 rings (SSSR count). The summed E-state index contributed by atoms with van der Waals surface area (Å²) >= 11 is 0. The van der Waals surface area contributed by atoms with Gasteiger partial charge in [-0.25, -0.2) is 0 Å². The molecule has 1 saturated heterocycles. The number of hydrogen-bond donors (Lipinski definition) is 1. The first-order chi connectivity index (χ1) is 11.2. The fourth-order valence-corrected chi connectivity index (χ4v) is 4.87. The van der Waals surface area contributed by atoms with Gasteiger partial charge in [0.05, 0.1) is 0 Å². The van der Waals surface area contributed by atoms with Crippen molar-refractivity contribution in [2.45, 2.75) is 129 Å². The van der Waals surface area contributed by atoms with E-state index in [1.165, 1.54) is 89.0 Å². The Morgan fingerprint density at radius 2 is 1.29 bits per heavy atom. The highest BCUT2D eigenvalue weighted by Gasteiger charge is 2.37. The molecule has 0 bridgehead atoms. The van der Waals surface area contributed by atoms with Crippen LogP contribution < -0.4 is 5.32 Å². The first-order valence-electron chi connectivity index (χ1n) is 10.7. The quantitative estimate of drug-likeness (QED) is 0.289. The van der Waals surface area contributed by atoms with E-state index < -0.39 is 0 Å². The summed E-state index contributed by atoms with van der Waals surface area (Å²) in [4.78, 5) is 0. The maximum Gasteiger partial charge on any atom is 0.0132 e. The maximum atomic E-state index is 4.39. The van der Waals surface area contributed by atoms with Crippen molar-refractivity contribution in [3.63, 3.8) is 0 Å². The van der Waals surface area contributed by atoms with Crippen LogP contribution >= 0.6 is 0 Å². The second-order valence-corrected chi connectivity index (χ2v) is 9.70. The molecule has 1 aliphatic rings. The molecule has 0 aromatic carbocycles. The summed E-state index contributed by atoms with van der Waals surface area (Å²) in [7, 11) is 0. The van der Waals surface area contributed by atoms with E-state index in [2.05, 4.69) is 46.5 Å². The van der Waals surface area contributed by atoms with Crippen molar-refractivity contribution < 1.29 is 0 Å².